The number of pyridine rings is 1. The molecular weight excluding hydrogens is 463 g/mol. The lowest BCUT2D eigenvalue weighted by atomic mass is 10.1. The van der Waals surface area contributed by atoms with E-state index in [-0.39, 0.29) is 22.6 Å². The van der Waals surface area contributed by atoms with E-state index >= 15 is 0 Å². The molecule has 0 aliphatic rings. The minimum atomic E-state index is -3.68. The number of nitrogens with one attached hydrogen (secondary N) is 2. The summed E-state index contributed by atoms with van der Waals surface area (Å²) in [6.45, 7) is 1.60. The molecule has 4 aromatic rings. The van der Waals surface area contributed by atoms with Crippen LogP contribution in [-0.2, 0) is 20.4 Å². The molecule has 0 saturated carbocycles. The summed E-state index contributed by atoms with van der Waals surface area (Å²) in [5.74, 6) is -1.05. The summed E-state index contributed by atoms with van der Waals surface area (Å²) in [5.41, 5.74) is 1.08. The van der Waals surface area contributed by atoms with Gasteiger partial charge < -0.3 is 15.1 Å². The zero-order valence-corrected chi connectivity index (χ0v) is 18.6. The third kappa shape index (κ3) is 4.92. The maximum absolute atomic E-state index is 12.9. The molecule has 2 heterocycles. The fourth-order valence-electron chi connectivity index (χ4n) is 2.96. The minimum absolute atomic E-state index is 0.135. The van der Waals surface area contributed by atoms with E-state index in [1.54, 1.807) is 49.5 Å². The quantitative estimate of drug-likeness (QED) is 0.388. The number of carboxylic acid groups (broad SMARTS) is 1. The molecule has 0 unspecified atom stereocenters. The first-order valence-corrected chi connectivity index (χ1v) is 11.6. The summed E-state index contributed by atoms with van der Waals surface area (Å²) in [5, 5.41) is 9.64. The van der Waals surface area contributed by atoms with Crippen LogP contribution in [0.15, 0.2) is 58.4 Å². The van der Waals surface area contributed by atoms with E-state index in [1.807, 2.05) is 0 Å². The standard InChI is InChI=1S/C18H12Cl2N2O3S.C3H6O2/c19-14-2-1-3-15(20)13(14)9-26(24,25)10-4-5-16-12(8-10)11-6-7-21-17(11)18(23)22-16;1-2-3(4)5/h1-8,21H,9H2,(H,22,23);2H2,1H3,(H,4,5). The molecule has 0 aliphatic carbocycles. The van der Waals surface area contributed by atoms with Crippen molar-refractivity contribution >= 4 is 60.8 Å². The van der Waals surface area contributed by atoms with Crippen LogP contribution >= 0.6 is 23.2 Å². The first-order chi connectivity index (χ1) is 14.6. The lowest BCUT2D eigenvalue weighted by Crippen LogP contribution is -2.08. The van der Waals surface area contributed by atoms with Gasteiger partial charge in [0.1, 0.15) is 5.52 Å². The second-order valence-electron chi connectivity index (χ2n) is 6.63. The third-order valence-corrected chi connectivity index (χ3v) is 6.91. The number of H-pyrrole nitrogens is 2. The van der Waals surface area contributed by atoms with Crippen LogP contribution in [0.2, 0.25) is 10.0 Å². The van der Waals surface area contributed by atoms with Crippen LogP contribution in [0.1, 0.15) is 18.9 Å². The zero-order chi connectivity index (χ0) is 22.8. The van der Waals surface area contributed by atoms with Gasteiger partial charge in [-0.2, -0.15) is 0 Å². The van der Waals surface area contributed by atoms with Crippen molar-refractivity contribution in [1.29, 1.82) is 0 Å². The van der Waals surface area contributed by atoms with E-state index in [0.29, 0.717) is 37.4 Å². The van der Waals surface area contributed by atoms with E-state index < -0.39 is 15.8 Å². The van der Waals surface area contributed by atoms with Crippen LogP contribution in [0.25, 0.3) is 21.8 Å². The number of halogens is 2. The fraction of sp³-hybridized carbons (Fsp3) is 0.143. The van der Waals surface area contributed by atoms with Gasteiger partial charge in [0.15, 0.2) is 9.84 Å². The van der Waals surface area contributed by atoms with Crippen LogP contribution in [0.3, 0.4) is 0 Å². The molecule has 2 aromatic carbocycles. The third-order valence-electron chi connectivity index (χ3n) is 4.56. The molecule has 3 N–H and O–H groups in total. The maximum Gasteiger partial charge on any atom is 0.303 e. The van der Waals surface area contributed by atoms with Gasteiger partial charge in [-0.3, -0.25) is 9.59 Å². The van der Waals surface area contributed by atoms with Gasteiger partial charge in [-0.15, -0.1) is 0 Å². The Morgan fingerprint density at radius 2 is 1.71 bits per heavy atom. The highest BCUT2D eigenvalue weighted by molar-refractivity contribution is 7.90. The van der Waals surface area contributed by atoms with Crippen LogP contribution in [0.4, 0.5) is 0 Å². The Kier molecular flexibility index (Phi) is 6.74. The molecule has 7 nitrogen and oxygen atoms in total. The summed E-state index contributed by atoms with van der Waals surface area (Å²) in [6, 6.07) is 11.2. The van der Waals surface area contributed by atoms with Crippen LogP contribution in [-0.4, -0.2) is 29.5 Å². The number of carbonyl (C=O) groups is 1. The van der Waals surface area contributed by atoms with Gasteiger partial charge >= 0.3 is 5.97 Å². The first-order valence-electron chi connectivity index (χ1n) is 9.14. The van der Waals surface area contributed by atoms with E-state index in [4.69, 9.17) is 28.3 Å². The maximum atomic E-state index is 12.9. The molecule has 0 aliphatic heterocycles. The number of aliphatic carboxylic acids is 1. The van der Waals surface area contributed by atoms with Gasteiger partial charge in [-0.25, -0.2) is 8.42 Å². The molecule has 0 fully saturated rings. The van der Waals surface area contributed by atoms with Crippen LogP contribution in [0.5, 0.6) is 0 Å². The SMILES string of the molecule is CCC(=O)O.O=c1[nH]c2ccc(S(=O)(=O)Cc3c(Cl)cccc3Cl)cc2c2cc[nH]c12. The average molecular weight is 481 g/mol. The molecule has 0 radical (unpaired) electrons. The Morgan fingerprint density at radius 1 is 1.06 bits per heavy atom. The van der Waals surface area contributed by atoms with Crippen molar-refractivity contribution in [2.24, 2.45) is 0 Å². The number of hydrogen-bond acceptors (Lipinski definition) is 4. The molecule has 2 aromatic heterocycles. The van der Waals surface area contributed by atoms with E-state index in [9.17, 15) is 18.0 Å². The number of carboxylic acids is 1. The summed E-state index contributed by atoms with van der Waals surface area (Å²) in [7, 11) is -3.68. The number of benzene rings is 2. The summed E-state index contributed by atoms with van der Waals surface area (Å²) in [6.07, 6.45) is 1.87. The van der Waals surface area contributed by atoms with E-state index in [0.717, 1.165) is 0 Å². The predicted molar refractivity (Wildman–Crippen MR) is 122 cm³/mol. The van der Waals surface area contributed by atoms with Gasteiger partial charge in [-0.1, -0.05) is 36.2 Å². The second-order valence-corrected chi connectivity index (χ2v) is 9.44. The highest BCUT2D eigenvalue weighted by atomic mass is 35.5. The average Bonchev–Trinajstić information content (AvgIpc) is 3.22. The largest absolute Gasteiger partial charge is 0.481 e. The smallest absolute Gasteiger partial charge is 0.303 e. The Bertz CT molecular complexity index is 1420. The lowest BCUT2D eigenvalue weighted by molar-refractivity contribution is -0.136. The number of aromatic nitrogens is 2. The Labute approximate surface area is 187 Å². The molecule has 0 spiro atoms. The minimum Gasteiger partial charge on any atom is -0.481 e. The van der Waals surface area contributed by atoms with Crippen molar-refractivity contribution in [2.45, 2.75) is 24.0 Å². The number of fused-ring (bicyclic) bond motifs is 3. The van der Waals surface area contributed by atoms with Gasteiger partial charge in [0.05, 0.1) is 10.6 Å². The van der Waals surface area contributed by atoms with Gasteiger partial charge in [0.2, 0.25) is 0 Å². The molecule has 0 amide bonds. The molecule has 0 atom stereocenters. The molecule has 10 heteroatoms. The van der Waals surface area contributed by atoms with Crippen molar-refractivity contribution in [2.75, 3.05) is 0 Å². The van der Waals surface area contributed by atoms with Crippen molar-refractivity contribution in [1.82, 2.24) is 9.97 Å². The number of hydrogen-bond donors (Lipinski definition) is 3. The highest BCUT2D eigenvalue weighted by Crippen LogP contribution is 2.30. The van der Waals surface area contributed by atoms with Crippen LogP contribution < -0.4 is 5.56 Å². The van der Waals surface area contributed by atoms with E-state index in [1.165, 1.54) is 6.07 Å². The van der Waals surface area contributed by atoms with Crippen molar-refractivity contribution in [3.8, 4) is 0 Å². The van der Waals surface area contributed by atoms with Gasteiger partial charge in [0.25, 0.3) is 5.56 Å². The number of rotatable bonds is 4. The number of sulfone groups is 1. The molecular formula is C21H18Cl2N2O5S. The monoisotopic (exact) mass is 480 g/mol. The van der Waals surface area contributed by atoms with Crippen molar-refractivity contribution in [3.05, 3.63) is 74.6 Å². The second kappa shape index (κ2) is 9.13. The predicted octanol–water partition coefficient (Wildman–Crippen LogP) is 4.77. The number of aromatic amines is 2. The Morgan fingerprint density at radius 3 is 2.32 bits per heavy atom. The zero-order valence-electron chi connectivity index (χ0n) is 16.3. The normalized spacial score (nSPS) is 11.3. The summed E-state index contributed by atoms with van der Waals surface area (Å²) >= 11 is 12.2. The fourth-order valence-corrected chi connectivity index (χ4v) is 5.08. The highest BCUT2D eigenvalue weighted by Gasteiger charge is 2.20. The molecule has 0 bridgehead atoms. The lowest BCUT2D eigenvalue weighted by Gasteiger charge is -2.09. The van der Waals surface area contributed by atoms with Gasteiger partial charge in [0, 0.05) is 44.5 Å². The van der Waals surface area contributed by atoms with Crippen LogP contribution in [0, 0.1) is 0 Å². The molecule has 31 heavy (non-hydrogen) atoms. The summed E-state index contributed by atoms with van der Waals surface area (Å²) in [4.78, 5) is 27.1. The van der Waals surface area contributed by atoms with Gasteiger partial charge in [-0.05, 0) is 36.4 Å². The Hall–Kier alpha value is -2.81. The summed E-state index contributed by atoms with van der Waals surface area (Å²) < 4.78 is 25.8. The topological polar surface area (TPSA) is 120 Å². The van der Waals surface area contributed by atoms with Crippen molar-refractivity contribution < 1.29 is 18.3 Å². The first kappa shape index (κ1) is 22.9. The molecule has 0 saturated heterocycles. The molecule has 4 rings (SSSR count). The molecule has 162 valence electrons. The Balaban J connectivity index is 0.000000491. The van der Waals surface area contributed by atoms with Crippen molar-refractivity contribution in [3.63, 3.8) is 0 Å². The van der Waals surface area contributed by atoms with E-state index in [2.05, 4.69) is 9.97 Å².